The van der Waals surface area contributed by atoms with Gasteiger partial charge in [0.15, 0.2) is 0 Å². The topological polar surface area (TPSA) is 71.8 Å². The van der Waals surface area contributed by atoms with Crippen LogP contribution in [0.15, 0.2) is 30.6 Å². The van der Waals surface area contributed by atoms with Crippen LogP contribution in [0.25, 0.3) is 0 Å². The first-order valence-electron chi connectivity index (χ1n) is 8.29. The highest BCUT2D eigenvalue weighted by Crippen LogP contribution is 2.33. The Balaban J connectivity index is 1.34. The van der Waals surface area contributed by atoms with Gasteiger partial charge in [0.05, 0.1) is 6.04 Å². The van der Waals surface area contributed by atoms with Crippen molar-refractivity contribution < 1.29 is 4.79 Å². The molecule has 1 saturated heterocycles. The van der Waals surface area contributed by atoms with Gasteiger partial charge in [-0.3, -0.25) is 4.79 Å². The molecule has 2 heterocycles. The molecule has 0 unspecified atom stereocenters. The van der Waals surface area contributed by atoms with Crippen LogP contribution in [-0.2, 0) is 6.42 Å². The Morgan fingerprint density at radius 3 is 3.13 bits per heavy atom. The average molecular weight is 311 g/mol. The maximum atomic E-state index is 12.2. The molecule has 1 aromatic carbocycles. The number of hydrogen-bond acceptors (Lipinski definition) is 4. The maximum absolute atomic E-state index is 12.2. The average Bonchev–Trinajstić information content (AvgIpc) is 3.06. The minimum atomic E-state index is -0.183. The lowest BCUT2D eigenvalue weighted by Crippen LogP contribution is -2.34. The van der Waals surface area contributed by atoms with E-state index in [1.165, 1.54) is 11.1 Å². The second-order valence-corrected chi connectivity index (χ2v) is 6.36. The summed E-state index contributed by atoms with van der Waals surface area (Å²) in [5, 5.41) is 10.7. The maximum Gasteiger partial charge on any atom is 0.290 e. The summed E-state index contributed by atoms with van der Waals surface area (Å²) in [6.07, 6.45) is 4.92. The number of hydrogen-bond donors (Lipinski definition) is 2. The first kappa shape index (κ1) is 14.4. The predicted octanol–water partition coefficient (Wildman–Crippen LogP) is 1.27. The van der Waals surface area contributed by atoms with E-state index >= 15 is 0 Å². The van der Waals surface area contributed by atoms with Gasteiger partial charge in [-0.1, -0.05) is 24.3 Å². The van der Waals surface area contributed by atoms with Crippen molar-refractivity contribution in [3.63, 3.8) is 0 Å². The summed E-state index contributed by atoms with van der Waals surface area (Å²) >= 11 is 0. The molecule has 6 heteroatoms. The summed E-state index contributed by atoms with van der Waals surface area (Å²) in [4.78, 5) is 16.4. The molecule has 1 fully saturated rings. The quantitative estimate of drug-likeness (QED) is 0.892. The summed E-state index contributed by atoms with van der Waals surface area (Å²) in [6, 6.07) is 8.70. The summed E-state index contributed by atoms with van der Waals surface area (Å²) < 4.78 is 1.82. The van der Waals surface area contributed by atoms with Crippen molar-refractivity contribution in [3.8, 4) is 0 Å². The van der Waals surface area contributed by atoms with Gasteiger partial charge in [0.25, 0.3) is 5.91 Å². The summed E-state index contributed by atoms with van der Waals surface area (Å²) in [7, 11) is 0. The van der Waals surface area contributed by atoms with E-state index in [2.05, 4.69) is 38.9 Å². The normalized spacial score (nSPS) is 23.0. The van der Waals surface area contributed by atoms with E-state index < -0.39 is 0 Å². The third-order valence-electron chi connectivity index (χ3n) is 4.83. The molecule has 2 aromatic rings. The number of carbonyl (C=O) groups is 1. The zero-order chi connectivity index (χ0) is 15.6. The third-order valence-corrected chi connectivity index (χ3v) is 4.83. The Labute approximate surface area is 135 Å². The lowest BCUT2D eigenvalue weighted by molar-refractivity contribution is 0.0939. The fourth-order valence-corrected chi connectivity index (χ4v) is 3.45. The standard InChI is InChI=1S/C17H21N5O/c23-17(19-9-13-8-12-4-1-2-6-15(12)13)16-20-11-22(21-16)14-5-3-7-18-10-14/h1-2,4,6,11,13-14,18H,3,5,7-10H2,(H,19,23)/t13-,14+/m0/s1. The van der Waals surface area contributed by atoms with Gasteiger partial charge in [-0.15, -0.1) is 5.10 Å². The van der Waals surface area contributed by atoms with Crippen LogP contribution < -0.4 is 10.6 Å². The SMILES string of the molecule is O=C(NC[C@@H]1Cc2ccccc21)c1ncn([C@@H]2CCCNC2)n1. The summed E-state index contributed by atoms with van der Waals surface area (Å²) in [6.45, 7) is 2.60. The Morgan fingerprint density at radius 1 is 1.39 bits per heavy atom. The molecule has 1 aromatic heterocycles. The first-order chi connectivity index (χ1) is 11.3. The van der Waals surface area contributed by atoms with E-state index in [-0.39, 0.29) is 11.7 Å². The van der Waals surface area contributed by atoms with Crippen LogP contribution in [0.1, 0.15) is 46.5 Å². The second-order valence-electron chi connectivity index (χ2n) is 6.36. The fraction of sp³-hybridized carbons (Fsp3) is 0.471. The highest BCUT2D eigenvalue weighted by Gasteiger charge is 2.26. The molecule has 4 rings (SSSR count). The van der Waals surface area contributed by atoms with Gasteiger partial charge >= 0.3 is 0 Å². The molecular weight excluding hydrogens is 290 g/mol. The molecule has 2 atom stereocenters. The van der Waals surface area contributed by atoms with E-state index in [1.54, 1.807) is 6.33 Å². The summed E-state index contributed by atoms with van der Waals surface area (Å²) in [5.41, 5.74) is 2.73. The molecule has 0 spiro atoms. The molecular formula is C17H21N5O. The van der Waals surface area contributed by atoms with E-state index in [4.69, 9.17) is 0 Å². The minimum Gasteiger partial charge on any atom is -0.349 e. The largest absolute Gasteiger partial charge is 0.349 e. The zero-order valence-corrected chi connectivity index (χ0v) is 13.0. The van der Waals surface area contributed by atoms with Gasteiger partial charge in [-0.2, -0.15) is 0 Å². The number of carbonyl (C=O) groups excluding carboxylic acids is 1. The third kappa shape index (κ3) is 2.86. The molecule has 0 bridgehead atoms. The van der Waals surface area contributed by atoms with Crippen molar-refractivity contribution in [3.05, 3.63) is 47.5 Å². The molecule has 120 valence electrons. The number of piperidine rings is 1. The minimum absolute atomic E-state index is 0.183. The molecule has 0 radical (unpaired) electrons. The zero-order valence-electron chi connectivity index (χ0n) is 13.0. The molecule has 1 aliphatic carbocycles. The molecule has 6 nitrogen and oxygen atoms in total. The molecule has 1 amide bonds. The van der Waals surface area contributed by atoms with Crippen molar-refractivity contribution in [2.75, 3.05) is 19.6 Å². The van der Waals surface area contributed by atoms with Gasteiger partial charge in [0.1, 0.15) is 6.33 Å². The first-order valence-corrected chi connectivity index (χ1v) is 8.29. The molecule has 1 aliphatic heterocycles. The number of rotatable bonds is 4. The Kier molecular flexibility index (Phi) is 3.83. The predicted molar refractivity (Wildman–Crippen MR) is 86.4 cm³/mol. The Bertz CT molecular complexity index is 705. The van der Waals surface area contributed by atoms with Crippen LogP contribution in [-0.4, -0.2) is 40.3 Å². The van der Waals surface area contributed by atoms with Gasteiger partial charge in [0, 0.05) is 19.0 Å². The number of benzene rings is 1. The van der Waals surface area contributed by atoms with Crippen LogP contribution in [0.5, 0.6) is 0 Å². The van der Waals surface area contributed by atoms with E-state index in [0.29, 0.717) is 18.5 Å². The number of nitrogens with zero attached hydrogens (tertiary/aromatic N) is 3. The summed E-state index contributed by atoms with van der Waals surface area (Å²) in [5.74, 6) is 0.500. The smallest absolute Gasteiger partial charge is 0.290 e. The van der Waals surface area contributed by atoms with Gasteiger partial charge in [0.2, 0.25) is 5.82 Å². The highest BCUT2D eigenvalue weighted by molar-refractivity contribution is 5.90. The van der Waals surface area contributed by atoms with Crippen LogP contribution in [0.3, 0.4) is 0 Å². The molecule has 0 saturated carbocycles. The van der Waals surface area contributed by atoms with Crippen molar-refractivity contribution in [1.29, 1.82) is 0 Å². The Morgan fingerprint density at radius 2 is 2.30 bits per heavy atom. The molecule has 2 aliphatic rings. The van der Waals surface area contributed by atoms with E-state index in [1.807, 2.05) is 10.7 Å². The van der Waals surface area contributed by atoms with Gasteiger partial charge in [-0.05, 0) is 36.9 Å². The van der Waals surface area contributed by atoms with Crippen LogP contribution >= 0.6 is 0 Å². The van der Waals surface area contributed by atoms with Crippen molar-refractivity contribution in [2.45, 2.75) is 31.2 Å². The lowest BCUT2D eigenvalue weighted by Gasteiger charge is -2.29. The molecule has 2 N–H and O–H groups in total. The van der Waals surface area contributed by atoms with Crippen LogP contribution in [0.2, 0.25) is 0 Å². The van der Waals surface area contributed by atoms with E-state index in [0.717, 1.165) is 32.4 Å². The van der Waals surface area contributed by atoms with Crippen molar-refractivity contribution >= 4 is 5.91 Å². The van der Waals surface area contributed by atoms with Gasteiger partial charge in [-0.25, -0.2) is 9.67 Å². The van der Waals surface area contributed by atoms with Crippen LogP contribution in [0, 0.1) is 0 Å². The number of amides is 1. The number of aromatic nitrogens is 3. The van der Waals surface area contributed by atoms with E-state index in [9.17, 15) is 4.79 Å². The lowest BCUT2D eigenvalue weighted by atomic mass is 9.77. The van der Waals surface area contributed by atoms with Crippen molar-refractivity contribution in [2.24, 2.45) is 0 Å². The Hall–Kier alpha value is -2.21. The van der Waals surface area contributed by atoms with Crippen molar-refractivity contribution in [1.82, 2.24) is 25.4 Å². The van der Waals surface area contributed by atoms with Crippen LogP contribution in [0.4, 0.5) is 0 Å². The second kappa shape index (κ2) is 6.12. The highest BCUT2D eigenvalue weighted by atomic mass is 16.2. The number of fused-ring (bicyclic) bond motifs is 1. The number of nitrogens with one attached hydrogen (secondary N) is 2. The van der Waals surface area contributed by atoms with Gasteiger partial charge < -0.3 is 10.6 Å². The monoisotopic (exact) mass is 311 g/mol. The fourth-order valence-electron chi connectivity index (χ4n) is 3.45. The molecule has 23 heavy (non-hydrogen) atoms.